The summed E-state index contributed by atoms with van der Waals surface area (Å²) in [4.78, 5) is 30.9. The van der Waals surface area contributed by atoms with E-state index in [1.807, 2.05) is 0 Å². The molecule has 26 heavy (non-hydrogen) atoms. The van der Waals surface area contributed by atoms with Crippen molar-refractivity contribution in [1.29, 1.82) is 0 Å². The van der Waals surface area contributed by atoms with Crippen molar-refractivity contribution in [2.24, 2.45) is 17.7 Å². The number of imidazole rings is 1. The number of aromatic nitrogens is 4. The quantitative estimate of drug-likeness (QED) is 0.879. The predicted molar refractivity (Wildman–Crippen MR) is 100 cm³/mol. The highest BCUT2D eigenvalue weighted by Crippen LogP contribution is 2.65. The molecule has 4 aliphatic rings. The third-order valence-electron chi connectivity index (χ3n) is 4.79. The molecular weight excluding hydrogens is 328 g/mol. The summed E-state index contributed by atoms with van der Waals surface area (Å²) in [5.41, 5.74) is -6.64. The Morgan fingerprint density at radius 3 is 2.50 bits per heavy atom. The minimum atomic E-state index is -3.85. The molecule has 0 aliphatic heterocycles. The lowest BCUT2D eigenvalue weighted by molar-refractivity contribution is 0.262. The molecule has 6 nitrogen and oxygen atoms in total. The van der Waals surface area contributed by atoms with Gasteiger partial charge in [0.2, 0.25) is 0 Å². The standard InChI is InChI=1S/C20H28N4O2/c1-3-5-23-16-15(17(25)24(6-4-2)19(23)26)21-18(22-16)20-10-12-7-13(11-20)9-14(20)8-12/h12-14H,3-11H2,1-2H3,(H,21,22)/i7D2,8D2,9D2,10D2,11D2,12D,13D,14D/hD. The Hall–Kier alpha value is -1.85. The molecule has 0 amide bonds. The fraction of sp³-hybridized carbons (Fsp3) is 0.750. The number of aryl methyl sites for hydroxylation is 1. The van der Waals surface area contributed by atoms with Crippen molar-refractivity contribution in [3.63, 3.8) is 0 Å². The molecule has 6 rings (SSSR count). The number of aromatic amines is 1. The number of rotatable bonds is 5. The molecular formula is C20H28N4O2. The van der Waals surface area contributed by atoms with Crippen LogP contribution in [0.25, 0.3) is 11.2 Å². The average molecular weight is 371 g/mol. The Balaban J connectivity index is 2.09. The molecule has 2 unspecified atom stereocenters. The third kappa shape index (κ3) is 2.01. The second kappa shape index (κ2) is 5.57. The first-order chi connectivity index (χ1) is 18.0. The van der Waals surface area contributed by atoms with E-state index < -0.39 is 83.2 Å². The van der Waals surface area contributed by atoms with E-state index in [1.54, 1.807) is 13.8 Å². The fourth-order valence-corrected chi connectivity index (χ4v) is 3.67. The largest absolute Gasteiger partial charge is 0.336 e. The van der Waals surface area contributed by atoms with E-state index >= 15 is 0 Å². The number of H-pyrrole nitrogens is 1. The summed E-state index contributed by atoms with van der Waals surface area (Å²) in [7, 11) is 0. The Kier molecular flexibility index (Phi) is 1.56. The van der Waals surface area contributed by atoms with E-state index in [0.29, 0.717) is 12.8 Å². The molecule has 6 heteroatoms. The minimum Gasteiger partial charge on any atom is -0.336 e. The molecule has 2 aromatic heterocycles. The first kappa shape index (κ1) is 7.28. The van der Waals surface area contributed by atoms with Crippen LogP contribution in [0.4, 0.5) is 0 Å². The zero-order chi connectivity index (χ0) is 30.7. The van der Waals surface area contributed by atoms with Crippen LogP contribution in [-0.4, -0.2) is 19.1 Å². The van der Waals surface area contributed by atoms with Crippen LogP contribution in [0.1, 0.15) is 82.2 Å². The van der Waals surface area contributed by atoms with Crippen LogP contribution in [0.2, 0.25) is 1.41 Å². The van der Waals surface area contributed by atoms with Gasteiger partial charge in [0.25, 0.3) is 5.56 Å². The van der Waals surface area contributed by atoms with E-state index in [0.717, 1.165) is 9.13 Å². The molecule has 4 bridgehead atoms. The molecule has 2 heterocycles. The minimum absolute atomic E-state index is 0.0520. The predicted octanol–water partition coefficient (Wildman–Crippen LogP) is 2.78. The first-order valence-electron chi connectivity index (χ1n) is 15.7. The Morgan fingerprint density at radius 2 is 1.85 bits per heavy atom. The lowest BCUT2D eigenvalue weighted by Gasteiger charge is -2.30. The highest BCUT2D eigenvalue weighted by molar-refractivity contribution is 5.70. The van der Waals surface area contributed by atoms with Gasteiger partial charge < -0.3 is 4.98 Å². The zero-order valence-electron chi connectivity index (χ0n) is 28.4. The summed E-state index contributed by atoms with van der Waals surface area (Å²) < 4.78 is 126. The normalized spacial score (nSPS) is 58.2. The van der Waals surface area contributed by atoms with Gasteiger partial charge in [-0.05, 0) is 62.4 Å². The van der Waals surface area contributed by atoms with Crippen LogP contribution in [0, 0.1) is 17.7 Å². The molecule has 1 N–H and O–H groups in total. The van der Waals surface area contributed by atoms with E-state index in [2.05, 4.69) is 4.98 Å². The van der Waals surface area contributed by atoms with Crippen molar-refractivity contribution >= 4 is 11.2 Å². The highest BCUT2D eigenvalue weighted by atomic mass is 16.2. The Morgan fingerprint density at radius 1 is 1.19 bits per heavy atom. The van der Waals surface area contributed by atoms with Crippen molar-refractivity contribution in [1.82, 2.24) is 19.1 Å². The second-order valence-corrected chi connectivity index (χ2v) is 6.61. The van der Waals surface area contributed by atoms with E-state index in [-0.39, 0.29) is 18.1 Å². The lowest BCUT2D eigenvalue weighted by Crippen LogP contribution is -2.40. The van der Waals surface area contributed by atoms with Crippen molar-refractivity contribution < 1.29 is 19.2 Å². The zero-order valence-corrected chi connectivity index (χ0v) is 14.4. The molecule has 0 saturated heterocycles. The van der Waals surface area contributed by atoms with Gasteiger partial charge in [0.1, 0.15) is 11.3 Å². The van der Waals surface area contributed by atoms with Gasteiger partial charge in [-0.2, -0.15) is 0 Å². The summed E-state index contributed by atoms with van der Waals surface area (Å²) in [6.45, 7) is 3.24. The molecule has 4 fully saturated rings. The number of hydrogen-bond donors (Lipinski definition) is 1. The highest BCUT2D eigenvalue weighted by Gasteiger charge is 2.59. The fourth-order valence-electron chi connectivity index (χ4n) is 3.67. The molecule has 0 spiro atoms. The maximum Gasteiger partial charge on any atom is 0.332 e. The van der Waals surface area contributed by atoms with Crippen LogP contribution in [0.3, 0.4) is 0 Å². The van der Waals surface area contributed by atoms with Crippen LogP contribution in [0.15, 0.2) is 9.59 Å². The maximum absolute atomic E-state index is 13.4. The van der Waals surface area contributed by atoms with E-state index in [1.165, 1.54) is 0 Å². The van der Waals surface area contributed by atoms with Gasteiger partial charge in [-0.25, -0.2) is 9.78 Å². The van der Waals surface area contributed by atoms with Crippen molar-refractivity contribution in [3.05, 3.63) is 26.7 Å². The van der Waals surface area contributed by atoms with E-state index in [9.17, 15) is 11.0 Å². The summed E-state index contributed by atoms with van der Waals surface area (Å²) in [5, 5.41) is 0. The van der Waals surface area contributed by atoms with Gasteiger partial charge in [0.15, 0.2) is 7.06 Å². The Bertz CT molecular complexity index is 1550. The van der Waals surface area contributed by atoms with Crippen molar-refractivity contribution in [2.45, 2.75) is 77.1 Å². The monoisotopic (exact) mass is 370 g/mol. The van der Waals surface area contributed by atoms with Crippen LogP contribution >= 0.6 is 0 Å². The van der Waals surface area contributed by atoms with Crippen molar-refractivity contribution in [2.75, 3.05) is 0 Å². The number of hydrogen-bond acceptors (Lipinski definition) is 3. The maximum atomic E-state index is 13.4. The first-order valence-corrected chi connectivity index (χ1v) is 8.74. The average Bonchev–Trinajstić information content (AvgIpc) is 3.23. The van der Waals surface area contributed by atoms with Gasteiger partial charge in [-0.1, -0.05) is 13.8 Å². The molecule has 0 aromatic carbocycles. The summed E-state index contributed by atoms with van der Waals surface area (Å²) >= 11 is 0. The number of nitrogens with one attached hydrogen (secondary N) is 1. The molecule has 2 aromatic rings. The van der Waals surface area contributed by atoms with Gasteiger partial charge in [-0.3, -0.25) is 13.9 Å². The van der Waals surface area contributed by atoms with Crippen LogP contribution < -0.4 is 11.2 Å². The lowest BCUT2D eigenvalue weighted by atomic mass is 9.75. The second-order valence-electron chi connectivity index (χ2n) is 6.61. The molecule has 4 saturated carbocycles. The van der Waals surface area contributed by atoms with Gasteiger partial charge in [0, 0.05) is 36.3 Å². The van der Waals surface area contributed by atoms with Crippen LogP contribution in [-0.2, 0) is 18.5 Å². The molecule has 0 radical (unpaired) electrons. The van der Waals surface area contributed by atoms with Crippen molar-refractivity contribution in [3.8, 4) is 0 Å². The molecule has 2 atom stereocenters. The SMILES string of the molecule is [2H]n1c(C23C([2H])([2H])C4([2H])C([2H])([2H])C([2H])(C([2H])([2H])C2([2H])C4([2H])[2H])C3([2H])[2H])nc2c1c(=O)n(CCC)c(=O)n2CCC. The van der Waals surface area contributed by atoms with E-state index in [4.69, 9.17) is 17.9 Å². The summed E-state index contributed by atoms with van der Waals surface area (Å²) in [6, 6.07) is 0. The topological polar surface area (TPSA) is 72.7 Å². The molecule has 140 valence electrons. The molecule has 4 aliphatic carbocycles. The van der Waals surface area contributed by atoms with Gasteiger partial charge >= 0.3 is 5.69 Å². The Labute approximate surface area is 172 Å². The number of nitrogens with zero attached hydrogens (tertiary/aromatic N) is 3. The number of fused-ring (bicyclic) bond motifs is 1. The third-order valence-corrected chi connectivity index (χ3v) is 4.79. The summed E-state index contributed by atoms with van der Waals surface area (Å²) in [5.74, 6) is -12.4. The smallest absolute Gasteiger partial charge is 0.332 e. The van der Waals surface area contributed by atoms with Crippen LogP contribution in [0.5, 0.6) is 0 Å². The van der Waals surface area contributed by atoms with Gasteiger partial charge in [-0.15, -0.1) is 0 Å². The van der Waals surface area contributed by atoms with Gasteiger partial charge in [0.05, 0.1) is 0 Å². The summed E-state index contributed by atoms with van der Waals surface area (Å²) in [6.07, 6.45) is -18.4.